The predicted octanol–water partition coefficient (Wildman–Crippen LogP) is 3.88. The number of carbonyl (C=O) groups is 1. The number of carboxylic acid groups (broad SMARTS) is 1. The molecule has 17 heavy (non-hydrogen) atoms. The lowest BCUT2D eigenvalue weighted by atomic mass is 9.77. The Hall–Kier alpha value is -0.900. The lowest BCUT2D eigenvalue weighted by Crippen LogP contribution is -2.30. The van der Waals surface area contributed by atoms with Gasteiger partial charge in [0.05, 0.1) is 5.92 Å². The molecule has 0 aliphatic heterocycles. The Labute approximate surface area is 109 Å². The van der Waals surface area contributed by atoms with E-state index < -0.39 is 11.9 Å². The van der Waals surface area contributed by atoms with Crippen LogP contribution in [0.2, 0.25) is 0 Å². The van der Waals surface area contributed by atoms with Crippen molar-refractivity contribution in [1.82, 2.24) is 0 Å². The second-order valence-corrected chi connectivity index (χ2v) is 6.05. The van der Waals surface area contributed by atoms with Crippen molar-refractivity contribution < 1.29 is 14.3 Å². The molecule has 0 radical (unpaired) electrons. The molecule has 1 aromatic carbocycles. The summed E-state index contributed by atoms with van der Waals surface area (Å²) in [5.74, 6) is -1.74. The second-order valence-electron chi connectivity index (χ2n) is 5.20. The van der Waals surface area contributed by atoms with Crippen LogP contribution >= 0.6 is 15.9 Å². The van der Waals surface area contributed by atoms with Crippen LogP contribution in [-0.2, 0) is 11.2 Å². The second kappa shape index (κ2) is 5.17. The van der Waals surface area contributed by atoms with Crippen molar-refractivity contribution in [1.29, 1.82) is 0 Å². The zero-order chi connectivity index (χ0) is 13.2. The summed E-state index contributed by atoms with van der Waals surface area (Å²) in [5, 5.41) is 9.22. The number of halogens is 2. The maximum absolute atomic E-state index is 13.1. The molecule has 0 amide bonds. The number of carboxylic acids is 1. The molecule has 1 unspecified atom stereocenters. The van der Waals surface area contributed by atoms with E-state index in [1.807, 2.05) is 20.8 Å². The van der Waals surface area contributed by atoms with E-state index in [0.29, 0.717) is 12.0 Å². The van der Waals surface area contributed by atoms with Crippen molar-refractivity contribution in [2.45, 2.75) is 27.2 Å². The molecule has 0 bridgehead atoms. The average Bonchev–Trinajstić information content (AvgIpc) is 2.17. The highest BCUT2D eigenvalue weighted by Crippen LogP contribution is 2.31. The molecule has 4 heteroatoms. The monoisotopic (exact) mass is 302 g/mol. The average molecular weight is 303 g/mol. The molecular weight excluding hydrogens is 287 g/mol. The number of hydrogen-bond acceptors (Lipinski definition) is 1. The first-order valence-electron chi connectivity index (χ1n) is 5.38. The van der Waals surface area contributed by atoms with Gasteiger partial charge in [-0.25, -0.2) is 4.39 Å². The minimum Gasteiger partial charge on any atom is -0.481 e. The highest BCUT2D eigenvalue weighted by molar-refractivity contribution is 9.10. The van der Waals surface area contributed by atoms with Gasteiger partial charge in [-0.05, 0) is 35.6 Å². The van der Waals surface area contributed by atoms with E-state index in [1.165, 1.54) is 12.1 Å². The zero-order valence-electron chi connectivity index (χ0n) is 10.1. The third-order valence-electron chi connectivity index (χ3n) is 2.78. The van der Waals surface area contributed by atoms with Crippen molar-refractivity contribution in [3.8, 4) is 0 Å². The largest absolute Gasteiger partial charge is 0.481 e. The van der Waals surface area contributed by atoms with Crippen LogP contribution in [0.25, 0.3) is 0 Å². The molecule has 1 atom stereocenters. The Morgan fingerprint density at radius 1 is 1.47 bits per heavy atom. The van der Waals surface area contributed by atoms with Crippen LogP contribution < -0.4 is 0 Å². The van der Waals surface area contributed by atoms with E-state index in [2.05, 4.69) is 15.9 Å². The smallest absolute Gasteiger partial charge is 0.307 e. The Balaban J connectivity index is 3.02. The van der Waals surface area contributed by atoms with Gasteiger partial charge < -0.3 is 5.11 Å². The first kappa shape index (κ1) is 14.2. The summed E-state index contributed by atoms with van der Waals surface area (Å²) in [6.07, 6.45) is 0.317. The molecule has 0 fully saturated rings. The Kier molecular flexibility index (Phi) is 4.31. The normalized spacial score (nSPS) is 13.5. The fraction of sp³-hybridized carbons (Fsp3) is 0.462. The van der Waals surface area contributed by atoms with Crippen molar-refractivity contribution in [2.75, 3.05) is 0 Å². The van der Waals surface area contributed by atoms with Crippen molar-refractivity contribution in [2.24, 2.45) is 11.3 Å². The van der Waals surface area contributed by atoms with E-state index in [0.717, 1.165) is 4.47 Å². The van der Waals surface area contributed by atoms with Crippen molar-refractivity contribution >= 4 is 21.9 Å². The van der Waals surface area contributed by atoms with Crippen LogP contribution in [0.1, 0.15) is 26.3 Å². The molecule has 1 aromatic rings. The molecule has 1 N–H and O–H groups in total. The lowest BCUT2D eigenvalue weighted by Gasteiger charge is -2.27. The third kappa shape index (κ3) is 3.80. The van der Waals surface area contributed by atoms with Crippen molar-refractivity contribution in [3.05, 3.63) is 34.1 Å². The zero-order valence-corrected chi connectivity index (χ0v) is 11.7. The first-order valence-corrected chi connectivity index (χ1v) is 6.18. The summed E-state index contributed by atoms with van der Waals surface area (Å²) in [4.78, 5) is 11.2. The molecule has 0 saturated carbocycles. The van der Waals surface area contributed by atoms with Gasteiger partial charge >= 0.3 is 5.97 Å². The molecule has 1 rings (SSSR count). The Morgan fingerprint density at radius 3 is 2.53 bits per heavy atom. The molecule has 2 nitrogen and oxygen atoms in total. The number of benzene rings is 1. The van der Waals surface area contributed by atoms with E-state index in [1.54, 1.807) is 6.07 Å². The molecule has 0 heterocycles. The highest BCUT2D eigenvalue weighted by atomic mass is 79.9. The standard InChI is InChI=1S/C13H16BrFO2/c1-13(2,3)10(12(16)17)7-8-6-9(15)4-5-11(8)14/h4-6,10H,7H2,1-3H3,(H,16,17). The summed E-state index contributed by atoms with van der Waals surface area (Å²) < 4.78 is 13.9. The van der Waals surface area contributed by atoms with Crippen LogP contribution in [0.3, 0.4) is 0 Å². The molecule has 0 aliphatic carbocycles. The van der Waals surface area contributed by atoms with Gasteiger partial charge in [-0.1, -0.05) is 36.7 Å². The maximum Gasteiger partial charge on any atom is 0.307 e. The van der Waals surface area contributed by atoms with Crippen LogP contribution in [0, 0.1) is 17.2 Å². The quantitative estimate of drug-likeness (QED) is 0.920. The van der Waals surface area contributed by atoms with Crippen LogP contribution in [-0.4, -0.2) is 11.1 Å². The van der Waals surface area contributed by atoms with E-state index in [9.17, 15) is 14.3 Å². The van der Waals surface area contributed by atoms with Crippen molar-refractivity contribution in [3.63, 3.8) is 0 Å². The molecule has 0 aliphatic rings. The fourth-order valence-corrected chi connectivity index (χ4v) is 2.09. The fourth-order valence-electron chi connectivity index (χ4n) is 1.68. The van der Waals surface area contributed by atoms with Gasteiger partial charge in [0, 0.05) is 4.47 Å². The van der Waals surface area contributed by atoms with Gasteiger partial charge in [-0.3, -0.25) is 4.79 Å². The number of aliphatic carboxylic acids is 1. The van der Waals surface area contributed by atoms with Gasteiger partial charge in [-0.2, -0.15) is 0 Å². The topological polar surface area (TPSA) is 37.3 Å². The lowest BCUT2D eigenvalue weighted by molar-refractivity contribution is -0.145. The SMILES string of the molecule is CC(C)(C)C(Cc1cc(F)ccc1Br)C(=O)O. The number of rotatable bonds is 3. The van der Waals surface area contributed by atoms with E-state index in [4.69, 9.17) is 0 Å². The highest BCUT2D eigenvalue weighted by Gasteiger charge is 2.31. The molecule has 0 saturated heterocycles. The summed E-state index contributed by atoms with van der Waals surface area (Å²) in [5.41, 5.74) is 0.324. The predicted molar refractivity (Wildman–Crippen MR) is 68.4 cm³/mol. The molecule has 94 valence electrons. The molecule has 0 spiro atoms. The van der Waals surface area contributed by atoms with Crippen LogP contribution in [0.15, 0.2) is 22.7 Å². The van der Waals surface area contributed by atoms with E-state index >= 15 is 0 Å². The Bertz CT molecular complexity index is 424. The third-order valence-corrected chi connectivity index (χ3v) is 3.55. The van der Waals surface area contributed by atoms with Crippen LogP contribution in [0.4, 0.5) is 4.39 Å². The van der Waals surface area contributed by atoms with Gasteiger partial charge in [0.2, 0.25) is 0 Å². The summed E-state index contributed by atoms with van der Waals surface area (Å²) >= 11 is 3.32. The number of hydrogen-bond donors (Lipinski definition) is 1. The Morgan fingerprint density at radius 2 is 2.06 bits per heavy atom. The van der Waals surface area contributed by atoms with Crippen LogP contribution in [0.5, 0.6) is 0 Å². The summed E-state index contributed by atoms with van der Waals surface area (Å²) in [6, 6.07) is 4.33. The maximum atomic E-state index is 13.1. The van der Waals surface area contributed by atoms with Gasteiger partial charge in [0.25, 0.3) is 0 Å². The van der Waals surface area contributed by atoms with E-state index in [-0.39, 0.29) is 11.2 Å². The minimum atomic E-state index is -0.853. The van der Waals surface area contributed by atoms with Gasteiger partial charge in [-0.15, -0.1) is 0 Å². The summed E-state index contributed by atoms with van der Waals surface area (Å²) in [7, 11) is 0. The first-order chi connectivity index (χ1) is 7.71. The van der Waals surface area contributed by atoms with Gasteiger partial charge in [0.15, 0.2) is 0 Å². The van der Waals surface area contributed by atoms with Gasteiger partial charge in [0.1, 0.15) is 5.82 Å². The minimum absolute atomic E-state index is 0.317. The molecule has 0 aromatic heterocycles. The molecular formula is C13H16BrFO2. The summed E-state index contributed by atoms with van der Waals surface area (Å²) in [6.45, 7) is 5.62.